The molecule has 45 heavy (non-hydrogen) atoms. The standard InChI is InChI=1S/C32H47NO12/c1-14-18(45-28(40)24(38)22(33-15(2)34)17-9-7-8-10-17)12-32(42)27(44-16(3)35)25-30(6,19(36)11-20-31(25,41)13-43-20)26(39)23(37)21(14)29(32,4)5/h17-20,22-25,27,36-38,41-42H,7-13H2,1-6H3,(H,33,34)/t18-,19-,20+,22-,23+,24+,25-,27-,30+,31-,32+/m0/s1. The molecule has 5 rings (SSSR count). The molecular weight excluding hydrogens is 590 g/mol. The zero-order valence-electron chi connectivity index (χ0n) is 26.7. The Morgan fingerprint density at radius 2 is 1.67 bits per heavy atom. The van der Waals surface area contributed by atoms with Crippen LogP contribution in [0.25, 0.3) is 0 Å². The minimum Gasteiger partial charge on any atom is -0.459 e. The second kappa shape index (κ2) is 11.4. The Morgan fingerprint density at radius 3 is 2.20 bits per heavy atom. The quantitative estimate of drug-likeness (QED) is 0.166. The van der Waals surface area contributed by atoms with Crippen LogP contribution in [0.3, 0.4) is 0 Å². The lowest BCUT2D eigenvalue weighted by atomic mass is 9.45. The van der Waals surface area contributed by atoms with E-state index in [0.717, 1.165) is 19.8 Å². The van der Waals surface area contributed by atoms with E-state index in [-0.39, 0.29) is 30.1 Å². The molecule has 1 aliphatic heterocycles. The summed E-state index contributed by atoms with van der Waals surface area (Å²) in [5, 5.41) is 61.7. The van der Waals surface area contributed by atoms with Crippen LogP contribution in [0.5, 0.6) is 0 Å². The number of ether oxygens (including phenoxy) is 3. The van der Waals surface area contributed by atoms with E-state index in [4.69, 9.17) is 14.2 Å². The molecule has 4 aliphatic carbocycles. The molecule has 3 saturated carbocycles. The van der Waals surface area contributed by atoms with Gasteiger partial charge >= 0.3 is 11.9 Å². The predicted molar refractivity (Wildman–Crippen MR) is 155 cm³/mol. The van der Waals surface area contributed by atoms with Crippen molar-refractivity contribution < 1.29 is 58.9 Å². The first-order valence-corrected chi connectivity index (χ1v) is 15.8. The third-order valence-corrected chi connectivity index (χ3v) is 11.8. The van der Waals surface area contributed by atoms with Crippen LogP contribution >= 0.6 is 0 Å². The maximum absolute atomic E-state index is 14.3. The minimum absolute atomic E-state index is 0.0192. The van der Waals surface area contributed by atoms with Crippen molar-refractivity contribution in [2.75, 3.05) is 6.61 Å². The summed E-state index contributed by atoms with van der Waals surface area (Å²) in [6.07, 6.45) is -6.27. The number of esters is 2. The number of hydrogen-bond acceptors (Lipinski definition) is 12. The third kappa shape index (κ3) is 4.96. The van der Waals surface area contributed by atoms with Gasteiger partial charge in [0.15, 0.2) is 11.9 Å². The van der Waals surface area contributed by atoms with Crippen molar-refractivity contribution in [3.05, 3.63) is 11.1 Å². The first-order valence-electron chi connectivity index (χ1n) is 15.8. The molecule has 1 saturated heterocycles. The van der Waals surface area contributed by atoms with Crippen LogP contribution in [-0.4, -0.2) is 110 Å². The van der Waals surface area contributed by atoms with E-state index in [9.17, 15) is 44.7 Å². The number of carbonyl (C=O) groups excluding carboxylic acids is 4. The zero-order chi connectivity index (χ0) is 33.4. The highest BCUT2D eigenvalue weighted by Gasteiger charge is 2.76. The number of aliphatic hydroxyl groups excluding tert-OH is 3. The van der Waals surface area contributed by atoms with Crippen molar-refractivity contribution in [3.63, 3.8) is 0 Å². The Morgan fingerprint density at radius 1 is 1.04 bits per heavy atom. The highest BCUT2D eigenvalue weighted by atomic mass is 16.6. The van der Waals surface area contributed by atoms with E-state index in [1.165, 1.54) is 13.8 Å². The van der Waals surface area contributed by atoms with Gasteiger partial charge in [-0.1, -0.05) is 26.7 Å². The molecular formula is C32H47NO12. The summed E-state index contributed by atoms with van der Waals surface area (Å²) in [4.78, 5) is 52.5. The number of nitrogens with one attached hydrogen (secondary N) is 1. The largest absolute Gasteiger partial charge is 0.459 e. The lowest BCUT2D eigenvalue weighted by molar-refractivity contribution is -0.345. The predicted octanol–water partition coefficient (Wildman–Crippen LogP) is -0.176. The fraction of sp³-hybridized carbons (Fsp3) is 0.812. The van der Waals surface area contributed by atoms with Crippen LogP contribution in [0.4, 0.5) is 0 Å². The van der Waals surface area contributed by atoms with E-state index in [2.05, 4.69) is 5.32 Å². The summed E-state index contributed by atoms with van der Waals surface area (Å²) in [7, 11) is 0. The Labute approximate surface area is 262 Å². The van der Waals surface area contributed by atoms with Gasteiger partial charge in [-0.2, -0.15) is 0 Å². The summed E-state index contributed by atoms with van der Waals surface area (Å²) < 4.78 is 17.2. The van der Waals surface area contributed by atoms with Crippen LogP contribution in [0.2, 0.25) is 0 Å². The number of ketones is 1. The second-order valence-corrected chi connectivity index (χ2v) is 14.6. The van der Waals surface area contributed by atoms with E-state index in [1.807, 2.05) is 0 Å². The molecule has 6 N–H and O–H groups in total. The molecule has 252 valence electrons. The Bertz CT molecular complexity index is 1290. The van der Waals surface area contributed by atoms with Gasteiger partial charge in [0.1, 0.15) is 29.5 Å². The van der Waals surface area contributed by atoms with Gasteiger partial charge in [0.05, 0.1) is 30.3 Å². The maximum atomic E-state index is 14.3. The molecule has 0 aromatic carbocycles. The van der Waals surface area contributed by atoms with Gasteiger partial charge in [0.25, 0.3) is 0 Å². The zero-order valence-corrected chi connectivity index (χ0v) is 26.7. The number of hydrogen-bond donors (Lipinski definition) is 6. The number of carbonyl (C=O) groups is 4. The van der Waals surface area contributed by atoms with Gasteiger partial charge < -0.3 is 45.1 Å². The van der Waals surface area contributed by atoms with Crippen LogP contribution in [0.1, 0.15) is 80.1 Å². The van der Waals surface area contributed by atoms with E-state index < -0.39 is 101 Å². The van der Waals surface area contributed by atoms with Crippen LogP contribution in [0, 0.1) is 22.7 Å². The van der Waals surface area contributed by atoms with Gasteiger partial charge in [-0.3, -0.25) is 14.4 Å². The number of Topliss-reactive ketones (excluding diaryl/α,β-unsaturated/α-hetero) is 1. The van der Waals surface area contributed by atoms with Crippen molar-refractivity contribution in [2.24, 2.45) is 22.7 Å². The van der Waals surface area contributed by atoms with E-state index >= 15 is 0 Å². The van der Waals surface area contributed by atoms with E-state index in [0.29, 0.717) is 12.8 Å². The normalized spacial score (nSPS) is 42.2. The molecule has 0 spiro atoms. The Kier molecular flexibility index (Phi) is 8.58. The SMILES string of the molecule is CC(=O)N[C@@H](C1CCCC1)[C@@H](O)C(=O)O[C@H]1C[C@@]2(O)[C@@H](OC(C)=O)[C@@H]3[C@]4(O)CO[C@@H]4C[C@H](O)[C@@]3(C)C(=O)[C@H](O)C(=C1C)C2(C)C. The average molecular weight is 638 g/mol. The van der Waals surface area contributed by atoms with Crippen molar-refractivity contribution in [2.45, 2.75) is 134 Å². The summed E-state index contributed by atoms with van der Waals surface area (Å²) in [5.41, 5.74) is -7.08. The topological polar surface area (TPSA) is 209 Å². The lowest BCUT2D eigenvalue weighted by Crippen LogP contribution is -2.81. The fourth-order valence-corrected chi connectivity index (χ4v) is 9.16. The molecule has 0 aromatic heterocycles. The first kappa shape index (κ1) is 33.9. The molecule has 1 amide bonds. The maximum Gasteiger partial charge on any atom is 0.337 e. The molecule has 13 nitrogen and oxygen atoms in total. The number of amides is 1. The molecule has 11 atom stereocenters. The minimum atomic E-state index is -2.17. The summed E-state index contributed by atoms with van der Waals surface area (Å²) in [6, 6.07) is -0.908. The molecule has 4 fully saturated rings. The molecule has 1 heterocycles. The average Bonchev–Trinajstić information content (AvgIpc) is 3.48. The van der Waals surface area contributed by atoms with Crippen molar-refractivity contribution in [3.8, 4) is 0 Å². The second-order valence-electron chi connectivity index (χ2n) is 14.6. The van der Waals surface area contributed by atoms with Gasteiger partial charge in [-0.25, -0.2) is 4.79 Å². The summed E-state index contributed by atoms with van der Waals surface area (Å²) >= 11 is 0. The number of rotatable bonds is 6. The molecule has 2 bridgehead atoms. The smallest absolute Gasteiger partial charge is 0.337 e. The molecule has 13 heteroatoms. The van der Waals surface area contributed by atoms with Gasteiger partial charge in [-0.05, 0) is 43.8 Å². The highest BCUT2D eigenvalue weighted by Crippen LogP contribution is 2.63. The Balaban J connectivity index is 1.61. The first-order chi connectivity index (χ1) is 20.8. The highest BCUT2D eigenvalue weighted by molar-refractivity contribution is 5.93. The van der Waals surface area contributed by atoms with Crippen LogP contribution in [0.15, 0.2) is 11.1 Å². The third-order valence-electron chi connectivity index (χ3n) is 11.8. The van der Waals surface area contributed by atoms with E-state index in [1.54, 1.807) is 20.8 Å². The number of aliphatic hydroxyl groups is 5. The molecule has 5 aliphatic rings. The molecule has 0 radical (unpaired) electrons. The summed E-state index contributed by atoms with van der Waals surface area (Å²) in [5.74, 6) is -4.74. The fourth-order valence-electron chi connectivity index (χ4n) is 9.16. The van der Waals surface area contributed by atoms with Crippen molar-refractivity contribution >= 4 is 23.6 Å². The summed E-state index contributed by atoms with van der Waals surface area (Å²) in [6.45, 7) is 8.21. The lowest BCUT2D eigenvalue weighted by Gasteiger charge is -2.66. The number of fused-ring (bicyclic) bond motifs is 5. The van der Waals surface area contributed by atoms with Crippen LogP contribution < -0.4 is 5.32 Å². The van der Waals surface area contributed by atoms with Gasteiger partial charge in [0, 0.05) is 38.0 Å². The van der Waals surface area contributed by atoms with Crippen molar-refractivity contribution in [1.29, 1.82) is 0 Å². The monoisotopic (exact) mass is 637 g/mol. The molecule has 0 aromatic rings. The molecule has 0 unspecified atom stereocenters. The van der Waals surface area contributed by atoms with Gasteiger partial charge in [0.2, 0.25) is 5.91 Å². The van der Waals surface area contributed by atoms with Crippen LogP contribution in [-0.2, 0) is 33.4 Å². The van der Waals surface area contributed by atoms with Crippen molar-refractivity contribution in [1.82, 2.24) is 5.32 Å². The Hall–Kier alpha value is -2.42. The van der Waals surface area contributed by atoms with Gasteiger partial charge in [-0.15, -0.1) is 0 Å².